The van der Waals surface area contributed by atoms with E-state index in [1.54, 1.807) is 23.9 Å². The van der Waals surface area contributed by atoms with Gasteiger partial charge in [-0.3, -0.25) is 0 Å². The Bertz CT molecular complexity index is 837. The van der Waals surface area contributed by atoms with Crippen LogP contribution in [0.3, 0.4) is 0 Å². The lowest BCUT2D eigenvalue weighted by molar-refractivity contribution is 0.305. The van der Waals surface area contributed by atoms with Crippen molar-refractivity contribution in [3.05, 3.63) is 76.8 Å². The van der Waals surface area contributed by atoms with Crippen LogP contribution in [0.4, 0.5) is 5.69 Å². The minimum absolute atomic E-state index is 0.253. The SMILES string of the molecule is Nc1cc(OCc2ccccc2Br)ccc1Sc1ccc(O)cc1. The maximum absolute atomic E-state index is 9.33. The molecule has 3 nitrogen and oxygen atoms in total. The van der Waals surface area contributed by atoms with E-state index in [0.29, 0.717) is 12.3 Å². The number of phenols is 1. The van der Waals surface area contributed by atoms with Crippen molar-refractivity contribution < 1.29 is 9.84 Å². The van der Waals surface area contributed by atoms with Gasteiger partial charge in [0.05, 0.1) is 0 Å². The van der Waals surface area contributed by atoms with E-state index in [2.05, 4.69) is 15.9 Å². The fourth-order valence-electron chi connectivity index (χ4n) is 2.13. The van der Waals surface area contributed by atoms with Crippen molar-refractivity contribution in [1.29, 1.82) is 0 Å². The number of ether oxygens (including phenoxy) is 1. The monoisotopic (exact) mass is 401 g/mol. The molecule has 3 N–H and O–H groups in total. The van der Waals surface area contributed by atoms with Gasteiger partial charge in [0.15, 0.2) is 0 Å². The normalized spacial score (nSPS) is 10.5. The lowest BCUT2D eigenvalue weighted by Crippen LogP contribution is -1.97. The Balaban J connectivity index is 1.68. The summed E-state index contributed by atoms with van der Waals surface area (Å²) in [7, 11) is 0. The van der Waals surface area contributed by atoms with E-state index in [0.717, 1.165) is 25.6 Å². The minimum Gasteiger partial charge on any atom is -0.508 e. The van der Waals surface area contributed by atoms with Crippen LogP contribution in [0.15, 0.2) is 81.0 Å². The smallest absolute Gasteiger partial charge is 0.121 e. The summed E-state index contributed by atoms with van der Waals surface area (Å²) in [6.45, 7) is 0.477. The zero-order chi connectivity index (χ0) is 16.9. The number of rotatable bonds is 5. The van der Waals surface area contributed by atoms with Crippen LogP contribution in [-0.2, 0) is 6.61 Å². The molecule has 3 aromatic rings. The Morgan fingerprint density at radius 3 is 2.46 bits per heavy atom. The molecule has 3 rings (SSSR count). The maximum Gasteiger partial charge on any atom is 0.121 e. The molecule has 0 atom stereocenters. The third-order valence-electron chi connectivity index (χ3n) is 3.40. The van der Waals surface area contributed by atoms with Gasteiger partial charge in [-0.1, -0.05) is 45.9 Å². The lowest BCUT2D eigenvalue weighted by Gasteiger charge is -2.11. The number of benzene rings is 3. The topological polar surface area (TPSA) is 55.5 Å². The summed E-state index contributed by atoms with van der Waals surface area (Å²) in [5.74, 6) is 0.987. The zero-order valence-electron chi connectivity index (χ0n) is 12.8. The number of nitrogen functional groups attached to an aromatic ring is 1. The number of hydrogen-bond donors (Lipinski definition) is 2. The van der Waals surface area contributed by atoms with Gasteiger partial charge in [0.25, 0.3) is 0 Å². The number of nitrogens with two attached hydrogens (primary N) is 1. The fourth-order valence-corrected chi connectivity index (χ4v) is 3.37. The largest absolute Gasteiger partial charge is 0.508 e. The molecule has 0 saturated carbocycles. The van der Waals surface area contributed by atoms with Gasteiger partial charge in [-0.2, -0.15) is 0 Å². The molecule has 0 saturated heterocycles. The Labute approximate surface area is 153 Å². The van der Waals surface area contributed by atoms with Crippen LogP contribution in [0.1, 0.15) is 5.56 Å². The Morgan fingerprint density at radius 1 is 1.00 bits per heavy atom. The third-order valence-corrected chi connectivity index (χ3v) is 5.27. The van der Waals surface area contributed by atoms with Crippen LogP contribution in [0.2, 0.25) is 0 Å². The van der Waals surface area contributed by atoms with Gasteiger partial charge in [0, 0.05) is 31.6 Å². The number of anilines is 1. The molecule has 0 radical (unpaired) electrons. The van der Waals surface area contributed by atoms with Gasteiger partial charge in [0.1, 0.15) is 18.1 Å². The molecule has 0 aliphatic rings. The molecule has 0 aromatic heterocycles. The van der Waals surface area contributed by atoms with Crippen molar-refractivity contribution in [3.63, 3.8) is 0 Å². The highest BCUT2D eigenvalue weighted by Gasteiger charge is 2.06. The van der Waals surface area contributed by atoms with E-state index in [1.807, 2.05) is 54.6 Å². The number of phenolic OH excluding ortho intramolecular Hbond substituents is 1. The molecule has 24 heavy (non-hydrogen) atoms. The molecule has 3 aromatic carbocycles. The van der Waals surface area contributed by atoms with E-state index in [4.69, 9.17) is 10.5 Å². The van der Waals surface area contributed by atoms with Gasteiger partial charge in [-0.05, 0) is 42.5 Å². The number of aromatic hydroxyl groups is 1. The number of hydrogen-bond acceptors (Lipinski definition) is 4. The van der Waals surface area contributed by atoms with Gasteiger partial charge in [-0.15, -0.1) is 0 Å². The van der Waals surface area contributed by atoms with Gasteiger partial charge >= 0.3 is 0 Å². The van der Waals surface area contributed by atoms with Crippen LogP contribution in [0.5, 0.6) is 11.5 Å². The lowest BCUT2D eigenvalue weighted by atomic mass is 10.2. The first-order valence-corrected chi connectivity index (χ1v) is 8.95. The molecular weight excluding hydrogens is 386 g/mol. The van der Waals surface area contributed by atoms with E-state index in [9.17, 15) is 5.11 Å². The van der Waals surface area contributed by atoms with E-state index in [-0.39, 0.29) is 5.75 Å². The maximum atomic E-state index is 9.33. The third kappa shape index (κ3) is 4.24. The summed E-state index contributed by atoms with van der Waals surface area (Å²) in [5, 5.41) is 9.33. The summed E-state index contributed by atoms with van der Waals surface area (Å²) >= 11 is 5.06. The van der Waals surface area contributed by atoms with Crippen LogP contribution >= 0.6 is 27.7 Å². The highest BCUT2D eigenvalue weighted by molar-refractivity contribution is 9.10. The van der Waals surface area contributed by atoms with Crippen LogP contribution in [-0.4, -0.2) is 5.11 Å². The fraction of sp³-hybridized carbons (Fsp3) is 0.0526. The minimum atomic E-state index is 0.253. The van der Waals surface area contributed by atoms with Gasteiger partial charge in [-0.25, -0.2) is 0 Å². The van der Waals surface area contributed by atoms with E-state index in [1.165, 1.54) is 0 Å². The van der Waals surface area contributed by atoms with Crippen molar-refractivity contribution in [2.24, 2.45) is 0 Å². The summed E-state index contributed by atoms with van der Waals surface area (Å²) in [6, 6.07) is 20.7. The molecule has 0 unspecified atom stereocenters. The quantitative estimate of drug-likeness (QED) is 0.556. The molecular formula is C19H16BrNO2S. The van der Waals surface area contributed by atoms with Crippen LogP contribution < -0.4 is 10.5 Å². The Kier molecular flexibility index (Phi) is 5.33. The number of halogens is 1. The second-order valence-electron chi connectivity index (χ2n) is 5.18. The van der Waals surface area contributed by atoms with E-state index >= 15 is 0 Å². The average Bonchev–Trinajstić information content (AvgIpc) is 2.58. The van der Waals surface area contributed by atoms with Gasteiger partial charge in [0.2, 0.25) is 0 Å². The molecule has 0 aliphatic heterocycles. The van der Waals surface area contributed by atoms with Crippen LogP contribution in [0.25, 0.3) is 0 Å². The molecule has 0 bridgehead atoms. The van der Waals surface area contributed by atoms with Crippen LogP contribution in [0, 0.1) is 0 Å². The van der Waals surface area contributed by atoms with Crippen molar-refractivity contribution in [2.45, 2.75) is 16.4 Å². The highest BCUT2D eigenvalue weighted by Crippen LogP contribution is 2.35. The first kappa shape index (κ1) is 16.7. The highest BCUT2D eigenvalue weighted by atomic mass is 79.9. The molecule has 0 spiro atoms. The van der Waals surface area contributed by atoms with Crippen molar-refractivity contribution in [3.8, 4) is 11.5 Å². The second kappa shape index (κ2) is 7.64. The summed E-state index contributed by atoms with van der Waals surface area (Å²) in [5.41, 5.74) is 7.89. The molecule has 0 fully saturated rings. The van der Waals surface area contributed by atoms with E-state index < -0.39 is 0 Å². The molecule has 0 aliphatic carbocycles. The standard InChI is InChI=1S/C19H16BrNO2S/c20-17-4-2-1-3-13(17)12-23-15-7-10-19(18(21)11-15)24-16-8-5-14(22)6-9-16/h1-11,22H,12,21H2. The van der Waals surface area contributed by atoms with Crippen molar-refractivity contribution in [1.82, 2.24) is 0 Å². The molecule has 0 amide bonds. The first-order chi connectivity index (χ1) is 11.6. The summed E-state index contributed by atoms with van der Waals surface area (Å²) < 4.78 is 6.85. The molecule has 5 heteroatoms. The average molecular weight is 402 g/mol. The van der Waals surface area contributed by atoms with Crippen molar-refractivity contribution >= 4 is 33.4 Å². The zero-order valence-corrected chi connectivity index (χ0v) is 15.2. The van der Waals surface area contributed by atoms with Gasteiger partial charge < -0.3 is 15.6 Å². The predicted octanol–water partition coefficient (Wildman–Crippen LogP) is 5.47. The second-order valence-corrected chi connectivity index (χ2v) is 7.15. The molecule has 122 valence electrons. The Hall–Kier alpha value is -2.11. The predicted molar refractivity (Wildman–Crippen MR) is 102 cm³/mol. The molecule has 0 heterocycles. The summed E-state index contributed by atoms with van der Waals surface area (Å²) in [6.07, 6.45) is 0. The first-order valence-electron chi connectivity index (χ1n) is 7.34. The Morgan fingerprint density at radius 2 is 1.75 bits per heavy atom. The van der Waals surface area contributed by atoms with Crippen molar-refractivity contribution in [2.75, 3.05) is 5.73 Å². The summed E-state index contributed by atoms with van der Waals surface area (Å²) in [4.78, 5) is 1.97.